The highest BCUT2D eigenvalue weighted by molar-refractivity contribution is 6.04. The fraction of sp³-hybridized carbons (Fsp3) is 0.400. The minimum atomic E-state index is -0.822. The Kier molecular flexibility index (Phi) is 4.35. The number of phenolic OH excluding ortho intramolecular Hbond substituents is 1. The van der Waals surface area contributed by atoms with Gasteiger partial charge in [0.2, 0.25) is 11.8 Å². The Morgan fingerprint density at radius 1 is 1.45 bits per heavy atom. The van der Waals surface area contributed by atoms with Crippen LogP contribution in [-0.4, -0.2) is 47.4 Å². The average molecular weight is 306 g/mol. The third-order valence-corrected chi connectivity index (χ3v) is 3.54. The molecule has 2 N–H and O–H groups in total. The van der Waals surface area contributed by atoms with Crippen molar-refractivity contribution >= 4 is 17.7 Å². The number of nitrogens with zero attached hydrogens (tertiary/aromatic N) is 1. The van der Waals surface area contributed by atoms with Crippen molar-refractivity contribution in [3.63, 3.8) is 0 Å². The second-order valence-corrected chi connectivity index (χ2v) is 5.23. The molecule has 2 rings (SSSR count). The van der Waals surface area contributed by atoms with E-state index in [1.807, 2.05) is 0 Å². The van der Waals surface area contributed by atoms with Crippen LogP contribution in [-0.2, 0) is 20.8 Å². The molecule has 0 aliphatic carbocycles. The van der Waals surface area contributed by atoms with Crippen LogP contribution in [0.1, 0.15) is 18.1 Å². The number of aromatic hydroxyl groups is 1. The highest BCUT2D eigenvalue weighted by atomic mass is 16.5. The van der Waals surface area contributed by atoms with E-state index in [2.05, 4.69) is 5.32 Å². The van der Waals surface area contributed by atoms with E-state index in [0.717, 1.165) is 10.5 Å². The van der Waals surface area contributed by atoms with E-state index < -0.39 is 17.9 Å². The summed E-state index contributed by atoms with van der Waals surface area (Å²) in [6, 6.07) is 2.43. The first-order chi connectivity index (χ1) is 10.3. The number of benzene rings is 1. The van der Waals surface area contributed by atoms with Crippen LogP contribution in [0.15, 0.2) is 12.1 Å². The van der Waals surface area contributed by atoms with Gasteiger partial charge in [0.15, 0.2) is 11.5 Å². The predicted molar refractivity (Wildman–Crippen MR) is 77.4 cm³/mol. The normalized spacial score (nSPS) is 18.1. The Labute approximate surface area is 127 Å². The first-order valence-corrected chi connectivity index (χ1v) is 6.81. The van der Waals surface area contributed by atoms with Gasteiger partial charge in [0.1, 0.15) is 12.6 Å². The van der Waals surface area contributed by atoms with Crippen molar-refractivity contribution in [3.05, 3.63) is 23.3 Å². The van der Waals surface area contributed by atoms with E-state index in [-0.39, 0.29) is 24.6 Å². The topological polar surface area (TPSA) is 95.9 Å². The van der Waals surface area contributed by atoms with E-state index in [4.69, 9.17) is 4.74 Å². The maximum absolute atomic E-state index is 12.2. The van der Waals surface area contributed by atoms with Crippen LogP contribution in [0.3, 0.4) is 0 Å². The Balaban J connectivity index is 2.24. The first kappa shape index (κ1) is 15.8. The van der Waals surface area contributed by atoms with Gasteiger partial charge in [-0.2, -0.15) is 0 Å². The first-order valence-electron chi connectivity index (χ1n) is 6.81. The molecule has 1 aromatic rings. The van der Waals surface area contributed by atoms with Crippen LogP contribution in [0.2, 0.25) is 0 Å². The SMILES string of the molecule is COc1c(C)cc(CC2NC(=O)CN(C(C)=O)C2=O)cc1O. The maximum Gasteiger partial charge on any atom is 0.252 e. The highest BCUT2D eigenvalue weighted by Crippen LogP contribution is 2.31. The number of carbonyl (C=O) groups is 3. The molecule has 7 heteroatoms. The summed E-state index contributed by atoms with van der Waals surface area (Å²) in [5.74, 6) is -0.948. The molecule has 1 aliphatic heterocycles. The lowest BCUT2D eigenvalue weighted by Crippen LogP contribution is -2.59. The number of aryl methyl sites for hydroxylation is 1. The molecule has 1 heterocycles. The highest BCUT2D eigenvalue weighted by Gasteiger charge is 2.34. The second kappa shape index (κ2) is 6.05. The van der Waals surface area contributed by atoms with Gasteiger partial charge in [-0.05, 0) is 24.1 Å². The lowest BCUT2D eigenvalue weighted by Gasteiger charge is -2.30. The lowest BCUT2D eigenvalue weighted by atomic mass is 10.0. The molecule has 1 aliphatic rings. The van der Waals surface area contributed by atoms with Crippen molar-refractivity contribution in [2.24, 2.45) is 0 Å². The number of rotatable bonds is 3. The zero-order chi connectivity index (χ0) is 16.4. The third kappa shape index (κ3) is 3.03. The molecule has 0 spiro atoms. The van der Waals surface area contributed by atoms with E-state index in [1.165, 1.54) is 20.1 Å². The Bertz CT molecular complexity index is 618. The lowest BCUT2D eigenvalue weighted by molar-refractivity contribution is -0.152. The summed E-state index contributed by atoms with van der Waals surface area (Å²) in [5, 5.41) is 12.5. The Morgan fingerprint density at radius 3 is 2.68 bits per heavy atom. The standard InChI is InChI=1S/C15H18N2O5/c1-8-4-10(6-12(19)14(8)22-3)5-11-15(21)17(9(2)18)7-13(20)16-11/h4,6,11,19H,5,7H2,1-3H3,(H,16,20). The van der Waals surface area contributed by atoms with Crippen LogP contribution < -0.4 is 10.1 Å². The van der Waals surface area contributed by atoms with Crippen molar-refractivity contribution in [1.29, 1.82) is 0 Å². The molecule has 0 aromatic heterocycles. The van der Waals surface area contributed by atoms with Crippen molar-refractivity contribution in [1.82, 2.24) is 10.2 Å². The van der Waals surface area contributed by atoms with Crippen LogP contribution in [0.5, 0.6) is 11.5 Å². The molecule has 0 bridgehead atoms. The number of ether oxygens (including phenoxy) is 1. The number of carbonyl (C=O) groups excluding carboxylic acids is 3. The fourth-order valence-corrected chi connectivity index (χ4v) is 2.56. The van der Waals surface area contributed by atoms with Gasteiger partial charge >= 0.3 is 0 Å². The van der Waals surface area contributed by atoms with E-state index in [0.29, 0.717) is 11.3 Å². The zero-order valence-corrected chi connectivity index (χ0v) is 12.7. The monoisotopic (exact) mass is 306 g/mol. The molecule has 1 aromatic carbocycles. The molecule has 1 atom stereocenters. The number of hydrogen-bond donors (Lipinski definition) is 2. The molecule has 1 fully saturated rings. The molecule has 1 unspecified atom stereocenters. The number of piperazine rings is 1. The number of amides is 3. The molecule has 22 heavy (non-hydrogen) atoms. The average Bonchev–Trinajstić information content (AvgIpc) is 2.42. The molecular weight excluding hydrogens is 288 g/mol. The predicted octanol–water partition coefficient (Wildman–Crippen LogP) is 0.125. The van der Waals surface area contributed by atoms with Gasteiger partial charge in [-0.15, -0.1) is 0 Å². The molecule has 0 radical (unpaired) electrons. The van der Waals surface area contributed by atoms with Gasteiger partial charge < -0.3 is 15.2 Å². The fourth-order valence-electron chi connectivity index (χ4n) is 2.56. The number of nitrogens with one attached hydrogen (secondary N) is 1. The smallest absolute Gasteiger partial charge is 0.252 e. The largest absolute Gasteiger partial charge is 0.504 e. The van der Waals surface area contributed by atoms with E-state index in [9.17, 15) is 19.5 Å². The number of methoxy groups -OCH3 is 1. The summed E-state index contributed by atoms with van der Waals surface area (Å²) in [6.07, 6.45) is 0.187. The number of hydrogen-bond acceptors (Lipinski definition) is 5. The minimum absolute atomic E-state index is 0.0319. The minimum Gasteiger partial charge on any atom is -0.504 e. The summed E-state index contributed by atoms with van der Waals surface area (Å²) in [4.78, 5) is 36.2. The van der Waals surface area contributed by atoms with Crippen molar-refractivity contribution in [2.45, 2.75) is 26.3 Å². The Hall–Kier alpha value is -2.57. The van der Waals surface area contributed by atoms with Gasteiger partial charge in [-0.25, -0.2) is 0 Å². The molecular formula is C15H18N2O5. The van der Waals surface area contributed by atoms with Crippen LogP contribution in [0, 0.1) is 6.92 Å². The van der Waals surface area contributed by atoms with Gasteiger partial charge in [0, 0.05) is 13.3 Å². The number of imide groups is 1. The maximum atomic E-state index is 12.2. The van der Waals surface area contributed by atoms with E-state index >= 15 is 0 Å². The van der Waals surface area contributed by atoms with Crippen molar-refractivity contribution in [2.75, 3.05) is 13.7 Å². The zero-order valence-electron chi connectivity index (χ0n) is 12.7. The summed E-state index contributed by atoms with van der Waals surface area (Å²) >= 11 is 0. The van der Waals surface area contributed by atoms with Gasteiger partial charge in [0.05, 0.1) is 7.11 Å². The van der Waals surface area contributed by atoms with Gasteiger partial charge in [-0.3, -0.25) is 19.3 Å². The van der Waals surface area contributed by atoms with Gasteiger partial charge in [0.25, 0.3) is 5.91 Å². The second-order valence-electron chi connectivity index (χ2n) is 5.23. The van der Waals surface area contributed by atoms with Crippen LogP contribution in [0.4, 0.5) is 0 Å². The molecule has 0 saturated carbocycles. The van der Waals surface area contributed by atoms with E-state index in [1.54, 1.807) is 13.0 Å². The Morgan fingerprint density at radius 2 is 2.14 bits per heavy atom. The molecule has 118 valence electrons. The molecule has 7 nitrogen and oxygen atoms in total. The van der Waals surface area contributed by atoms with Crippen LogP contribution in [0.25, 0.3) is 0 Å². The number of phenols is 1. The summed E-state index contributed by atoms with van der Waals surface area (Å²) in [7, 11) is 1.46. The molecule has 3 amide bonds. The summed E-state index contributed by atoms with van der Waals surface area (Å²) < 4.78 is 5.07. The van der Waals surface area contributed by atoms with Crippen molar-refractivity contribution in [3.8, 4) is 11.5 Å². The molecule has 1 saturated heterocycles. The third-order valence-electron chi connectivity index (χ3n) is 3.54. The summed E-state index contributed by atoms with van der Waals surface area (Å²) in [5.41, 5.74) is 1.38. The quantitative estimate of drug-likeness (QED) is 0.827. The van der Waals surface area contributed by atoms with Crippen LogP contribution >= 0.6 is 0 Å². The van der Waals surface area contributed by atoms with Crippen molar-refractivity contribution < 1.29 is 24.2 Å². The summed E-state index contributed by atoms with van der Waals surface area (Å²) in [6.45, 7) is 2.76. The van der Waals surface area contributed by atoms with Gasteiger partial charge in [-0.1, -0.05) is 6.07 Å².